The van der Waals surface area contributed by atoms with Crippen LogP contribution in [0.4, 0.5) is 17.6 Å². The van der Waals surface area contributed by atoms with Gasteiger partial charge in [-0.3, -0.25) is 4.90 Å². The lowest BCUT2D eigenvalue weighted by Gasteiger charge is -2.35. The summed E-state index contributed by atoms with van der Waals surface area (Å²) < 4.78 is 59.1. The Bertz CT molecular complexity index is 655. The molecule has 1 aliphatic heterocycles. The number of rotatable bonds is 3. The summed E-state index contributed by atoms with van der Waals surface area (Å²) >= 11 is 0. The van der Waals surface area contributed by atoms with E-state index in [1.807, 2.05) is 4.90 Å². The average molecular weight is 365 g/mol. The van der Waals surface area contributed by atoms with Crippen LogP contribution in [-0.2, 0) is 6.18 Å². The van der Waals surface area contributed by atoms with Gasteiger partial charge in [-0.15, -0.1) is 12.4 Å². The van der Waals surface area contributed by atoms with Crippen molar-refractivity contribution in [2.24, 2.45) is 0 Å². The molecule has 1 saturated heterocycles. The predicted octanol–water partition coefficient (Wildman–Crippen LogP) is 3.85. The van der Waals surface area contributed by atoms with Crippen LogP contribution in [0.15, 0.2) is 41.0 Å². The largest absolute Gasteiger partial charge is 0.467 e. The molecule has 1 aliphatic rings. The molecule has 1 atom stereocenters. The second kappa shape index (κ2) is 7.55. The van der Waals surface area contributed by atoms with Crippen LogP contribution in [0.5, 0.6) is 0 Å². The Hall–Kier alpha value is -1.57. The highest BCUT2D eigenvalue weighted by molar-refractivity contribution is 5.85. The number of alkyl halides is 3. The maximum Gasteiger partial charge on any atom is 0.416 e. The zero-order valence-corrected chi connectivity index (χ0v) is 13.5. The maximum absolute atomic E-state index is 13.7. The summed E-state index contributed by atoms with van der Waals surface area (Å²) in [6, 6.07) is 5.07. The van der Waals surface area contributed by atoms with Gasteiger partial charge in [0.15, 0.2) is 0 Å². The molecular formula is C16H17ClF4N2O. The Kier molecular flexibility index (Phi) is 5.90. The van der Waals surface area contributed by atoms with Crippen LogP contribution in [0.2, 0.25) is 0 Å². The SMILES string of the molecule is Cl.Fc1ccc(C(F)(F)F)c([C@H](c2ccco2)N2CCNCC2)c1. The number of hydrogen-bond acceptors (Lipinski definition) is 3. The lowest BCUT2D eigenvalue weighted by Crippen LogP contribution is -2.45. The van der Waals surface area contributed by atoms with Gasteiger partial charge in [0.05, 0.1) is 17.9 Å². The van der Waals surface area contributed by atoms with Gasteiger partial charge in [0.25, 0.3) is 0 Å². The van der Waals surface area contributed by atoms with Crippen molar-refractivity contribution >= 4 is 12.4 Å². The smallest absolute Gasteiger partial charge is 0.416 e. The quantitative estimate of drug-likeness (QED) is 0.838. The van der Waals surface area contributed by atoms with E-state index in [0.29, 0.717) is 31.9 Å². The molecule has 0 radical (unpaired) electrons. The number of halogens is 5. The van der Waals surface area contributed by atoms with Gasteiger partial charge in [0.2, 0.25) is 0 Å². The highest BCUT2D eigenvalue weighted by atomic mass is 35.5. The van der Waals surface area contributed by atoms with Gasteiger partial charge in [-0.05, 0) is 35.9 Å². The molecule has 0 unspecified atom stereocenters. The predicted molar refractivity (Wildman–Crippen MR) is 83.6 cm³/mol. The lowest BCUT2D eigenvalue weighted by molar-refractivity contribution is -0.138. The van der Waals surface area contributed by atoms with E-state index in [9.17, 15) is 17.6 Å². The van der Waals surface area contributed by atoms with Crippen molar-refractivity contribution in [3.8, 4) is 0 Å². The van der Waals surface area contributed by atoms with Gasteiger partial charge >= 0.3 is 6.18 Å². The minimum absolute atomic E-state index is 0. The molecule has 1 aromatic carbocycles. The standard InChI is InChI=1S/C16H16F4N2O.ClH/c17-11-3-4-13(16(18,19)20)12(10-11)15(14-2-1-9-23-14)22-7-5-21-6-8-22;/h1-4,9-10,15,21H,5-8H2;1H/t15-;/m1./s1. The fourth-order valence-electron chi connectivity index (χ4n) is 2.94. The Morgan fingerprint density at radius 1 is 1.12 bits per heavy atom. The molecule has 1 N–H and O–H groups in total. The van der Waals surface area contributed by atoms with Crippen LogP contribution in [0, 0.1) is 5.82 Å². The van der Waals surface area contributed by atoms with Crippen molar-refractivity contribution in [2.45, 2.75) is 12.2 Å². The number of hydrogen-bond donors (Lipinski definition) is 1. The van der Waals surface area contributed by atoms with Crippen LogP contribution in [0.1, 0.15) is 22.9 Å². The van der Waals surface area contributed by atoms with E-state index < -0.39 is 23.6 Å². The molecule has 0 spiro atoms. The second-order valence-corrected chi connectivity index (χ2v) is 5.43. The topological polar surface area (TPSA) is 28.4 Å². The van der Waals surface area contributed by atoms with Crippen LogP contribution in [0.3, 0.4) is 0 Å². The van der Waals surface area contributed by atoms with E-state index in [-0.39, 0.29) is 18.0 Å². The summed E-state index contributed by atoms with van der Waals surface area (Å²) in [4.78, 5) is 1.87. The van der Waals surface area contributed by atoms with E-state index in [1.165, 1.54) is 6.26 Å². The Labute approximate surface area is 143 Å². The van der Waals surface area contributed by atoms with E-state index in [1.54, 1.807) is 12.1 Å². The minimum Gasteiger partial charge on any atom is -0.467 e. The van der Waals surface area contributed by atoms with Gasteiger partial charge in [-0.2, -0.15) is 13.2 Å². The highest BCUT2D eigenvalue weighted by Gasteiger charge is 2.38. The Morgan fingerprint density at radius 2 is 1.83 bits per heavy atom. The molecule has 132 valence electrons. The summed E-state index contributed by atoms with van der Waals surface area (Å²) in [6.07, 6.45) is -3.14. The number of benzene rings is 1. The highest BCUT2D eigenvalue weighted by Crippen LogP contribution is 2.39. The minimum atomic E-state index is -4.55. The van der Waals surface area contributed by atoms with Crippen LogP contribution >= 0.6 is 12.4 Å². The summed E-state index contributed by atoms with van der Waals surface area (Å²) in [5.74, 6) is -0.317. The second-order valence-electron chi connectivity index (χ2n) is 5.43. The summed E-state index contributed by atoms with van der Waals surface area (Å²) in [5, 5.41) is 3.15. The maximum atomic E-state index is 13.7. The van der Waals surface area contributed by atoms with Gasteiger partial charge in [0, 0.05) is 26.2 Å². The van der Waals surface area contributed by atoms with Crippen molar-refractivity contribution in [3.05, 3.63) is 59.3 Å². The first kappa shape index (κ1) is 18.8. The first-order chi connectivity index (χ1) is 11.0. The number of nitrogens with zero attached hydrogens (tertiary/aromatic N) is 1. The molecule has 2 aromatic rings. The van der Waals surface area contributed by atoms with Crippen molar-refractivity contribution < 1.29 is 22.0 Å². The average Bonchev–Trinajstić information content (AvgIpc) is 3.01. The molecule has 1 aromatic heterocycles. The number of nitrogens with one attached hydrogen (secondary N) is 1. The van der Waals surface area contributed by atoms with Crippen LogP contribution in [-0.4, -0.2) is 31.1 Å². The lowest BCUT2D eigenvalue weighted by atomic mass is 9.96. The molecule has 0 aliphatic carbocycles. The molecular weight excluding hydrogens is 348 g/mol. The Morgan fingerprint density at radius 3 is 2.42 bits per heavy atom. The van der Waals surface area contributed by atoms with E-state index in [2.05, 4.69) is 5.32 Å². The molecule has 1 fully saturated rings. The van der Waals surface area contributed by atoms with Crippen LogP contribution < -0.4 is 5.32 Å². The fourth-order valence-corrected chi connectivity index (χ4v) is 2.94. The number of furan rings is 1. The number of piperazine rings is 1. The summed E-state index contributed by atoms with van der Waals surface area (Å²) in [5.41, 5.74) is -0.951. The van der Waals surface area contributed by atoms with Crippen molar-refractivity contribution in [3.63, 3.8) is 0 Å². The molecule has 0 saturated carbocycles. The van der Waals surface area contributed by atoms with Gasteiger partial charge in [-0.25, -0.2) is 4.39 Å². The zero-order valence-electron chi connectivity index (χ0n) is 12.6. The third-order valence-corrected chi connectivity index (χ3v) is 3.94. The third kappa shape index (κ3) is 3.91. The van der Waals surface area contributed by atoms with Crippen molar-refractivity contribution in [2.75, 3.05) is 26.2 Å². The molecule has 3 nitrogen and oxygen atoms in total. The van der Waals surface area contributed by atoms with Gasteiger partial charge < -0.3 is 9.73 Å². The van der Waals surface area contributed by atoms with Gasteiger partial charge in [0.1, 0.15) is 11.6 Å². The van der Waals surface area contributed by atoms with E-state index in [4.69, 9.17) is 4.42 Å². The molecule has 24 heavy (non-hydrogen) atoms. The molecule has 2 heterocycles. The molecule has 0 bridgehead atoms. The third-order valence-electron chi connectivity index (χ3n) is 3.94. The monoisotopic (exact) mass is 364 g/mol. The first-order valence-corrected chi connectivity index (χ1v) is 7.31. The summed E-state index contributed by atoms with van der Waals surface area (Å²) in [6.45, 7) is 2.43. The van der Waals surface area contributed by atoms with Crippen LogP contribution in [0.25, 0.3) is 0 Å². The van der Waals surface area contributed by atoms with Crippen molar-refractivity contribution in [1.29, 1.82) is 0 Å². The zero-order chi connectivity index (χ0) is 16.4. The first-order valence-electron chi connectivity index (χ1n) is 7.31. The normalized spacial score (nSPS) is 17.3. The Balaban J connectivity index is 0.00000208. The molecule has 8 heteroatoms. The summed E-state index contributed by atoms with van der Waals surface area (Å²) in [7, 11) is 0. The molecule has 3 rings (SSSR count). The van der Waals surface area contributed by atoms with Crippen molar-refractivity contribution in [1.82, 2.24) is 10.2 Å². The van der Waals surface area contributed by atoms with E-state index in [0.717, 1.165) is 18.2 Å². The fraction of sp³-hybridized carbons (Fsp3) is 0.375. The van der Waals surface area contributed by atoms with E-state index >= 15 is 0 Å². The van der Waals surface area contributed by atoms with Gasteiger partial charge in [-0.1, -0.05) is 0 Å². The molecule has 0 amide bonds.